The number of nitrogens with one attached hydrogen (secondary N) is 1. The standard InChI is InChI=1S/C11H22N2O/c1-10(8-12-11(2)14)9-13-6-4-3-5-7-13/h10H,3-9H2,1-2H3,(H,12,14). The van der Waals surface area contributed by atoms with Gasteiger partial charge in [0, 0.05) is 20.0 Å². The molecular formula is C11H22N2O. The van der Waals surface area contributed by atoms with Crippen molar-refractivity contribution in [3.8, 4) is 0 Å². The van der Waals surface area contributed by atoms with Crippen LogP contribution in [0.3, 0.4) is 0 Å². The molecule has 82 valence electrons. The SMILES string of the molecule is CC(=O)NCC(C)CN1CCCCC1. The third-order valence-electron chi connectivity index (χ3n) is 2.72. The van der Waals surface area contributed by atoms with Gasteiger partial charge in [-0.1, -0.05) is 13.3 Å². The summed E-state index contributed by atoms with van der Waals surface area (Å²) in [5, 5.41) is 2.87. The Morgan fingerprint density at radius 1 is 1.36 bits per heavy atom. The maximum atomic E-state index is 10.7. The first-order valence-corrected chi connectivity index (χ1v) is 5.65. The third kappa shape index (κ3) is 4.61. The lowest BCUT2D eigenvalue weighted by Gasteiger charge is -2.29. The van der Waals surface area contributed by atoms with Crippen LogP contribution in [0.5, 0.6) is 0 Å². The molecule has 1 unspecified atom stereocenters. The lowest BCUT2D eigenvalue weighted by atomic mass is 10.1. The number of piperidine rings is 1. The molecule has 3 nitrogen and oxygen atoms in total. The predicted molar refractivity (Wildman–Crippen MR) is 58.1 cm³/mol. The lowest BCUT2D eigenvalue weighted by Crippen LogP contribution is -2.37. The van der Waals surface area contributed by atoms with Gasteiger partial charge in [-0.25, -0.2) is 0 Å². The van der Waals surface area contributed by atoms with Gasteiger partial charge in [0.15, 0.2) is 0 Å². The second-order valence-electron chi connectivity index (χ2n) is 4.40. The van der Waals surface area contributed by atoms with Crippen molar-refractivity contribution in [2.45, 2.75) is 33.1 Å². The fourth-order valence-electron chi connectivity index (χ4n) is 1.97. The number of hydrogen-bond donors (Lipinski definition) is 1. The van der Waals surface area contributed by atoms with E-state index in [1.807, 2.05) is 0 Å². The molecule has 0 radical (unpaired) electrons. The smallest absolute Gasteiger partial charge is 0.216 e. The highest BCUT2D eigenvalue weighted by molar-refractivity contribution is 5.72. The Morgan fingerprint density at radius 2 is 2.00 bits per heavy atom. The molecule has 1 aliphatic heterocycles. The summed E-state index contributed by atoms with van der Waals surface area (Å²) >= 11 is 0. The number of rotatable bonds is 4. The van der Waals surface area contributed by atoms with Crippen LogP contribution in [0.25, 0.3) is 0 Å². The van der Waals surface area contributed by atoms with Gasteiger partial charge < -0.3 is 10.2 Å². The highest BCUT2D eigenvalue weighted by Gasteiger charge is 2.13. The van der Waals surface area contributed by atoms with Crippen molar-refractivity contribution in [1.82, 2.24) is 10.2 Å². The highest BCUT2D eigenvalue weighted by Crippen LogP contribution is 2.10. The van der Waals surface area contributed by atoms with Crippen molar-refractivity contribution in [1.29, 1.82) is 0 Å². The Balaban J connectivity index is 2.11. The first-order valence-electron chi connectivity index (χ1n) is 5.65. The van der Waals surface area contributed by atoms with Crippen LogP contribution in [0.15, 0.2) is 0 Å². The topological polar surface area (TPSA) is 32.3 Å². The van der Waals surface area contributed by atoms with Gasteiger partial charge in [-0.15, -0.1) is 0 Å². The molecule has 0 bridgehead atoms. The minimum absolute atomic E-state index is 0.0792. The number of carbonyl (C=O) groups excluding carboxylic acids is 1. The van der Waals surface area contributed by atoms with Crippen LogP contribution < -0.4 is 5.32 Å². The van der Waals surface area contributed by atoms with Gasteiger partial charge in [-0.05, 0) is 31.8 Å². The van der Waals surface area contributed by atoms with Crippen LogP contribution in [0.1, 0.15) is 33.1 Å². The van der Waals surface area contributed by atoms with E-state index < -0.39 is 0 Å². The molecule has 1 aliphatic rings. The summed E-state index contributed by atoms with van der Waals surface area (Å²) in [5.41, 5.74) is 0. The predicted octanol–water partition coefficient (Wildman–Crippen LogP) is 1.24. The average molecular weight is 198 g/mol. The molecular weight excluding hydrogens is 176 g/mol. The van der Waals surface area contributed by atoms with E-state index in [4.69, 9.17) is 0 Å². The largest absolute Gasteiger partial charge is 0.356 e. The van der Waals surface area contributed by atoms with Gasteiger partial charge in [-0.3, -0.25) is 4.79 Å². The van der Waals surface area contributed by atoms with Crippen LogP contribution in [-0.4, -0.2) is 37.0 Å². The summed E-state index contributed by atoms with van der Waals surface area (Å²) in [4.78, 5) is 13.2. The van der Waals surface area contributed by atoms with Gasteiger partial charge in [0.05, 0.1) is 0 Å². The minimum Gasteiger partial charge on any atom is -0.356 e. The van der Waals surface area contributed by atoms with Crippen molar-refractivity contribution in [3.63, 3.8) is 0 Å². The van der Waals surface area contributed by atoms with Crippen LogP contribution in [-0.2, 0) is 4.79 Å². The summed E-state index contributed by atoms with van der Waals surface area (Å²) in [6.07, 6.45) is 4.07. The maximum Gasteiger partial charge on any atom is 0.216 e. The second-order valence-corrected chi connectivity index (χ2v) is 4.40. The Kier molecular flexibility index (Phi) is 4.94. The average Bonchev–Trinajstić information content (AvgIpc) is 2.16. The normalized spacial score (nSPS) is 20.4. The number of likely N-dealkylation sites (tertiary alicyclic amines) is 1. The highest BCUT2D eigenvalue weighted by atomic mass is 16.1. The van der Waals surface area contributed by atoms with Gasteiger partial charge in [0.2, 0.25) is 5.91 Å². The summed E-state index contributed by atoms with van der Waals surface area (Å²) in [6.45, 7) is 8.19. The molecule has 0 saturated carbocycles. The van der Waals surface area contributed by atoms with Crippen molar-refractivity contribution in [3.05, 3.63) is 0 Å². The molecule has 0 aliphatic carbocycles. The molecule has 3 heteroatoms. The molecule has 1 atom stereocenters. The van der Waals surface area contributed by atoms with E-state index in [9.17, 15) is 4.79 Å². The van der Waals surface area contributed by atoms with E-state index in [0.29, 0.717) is 5.92 Å². The first kappa shape index (κ1) is 11.5. The summed E-state index contributed by atoms with van der Waals surface area (Å²) in [6, 6.07) is 0. The van der Waals surface area contributed by atoms with Gasteiger partial charge >= 0.3 is 0 Å². The lowest BCUT2D eigenvalue weighted by molar-refractivity contribution is -0.119. The molecule has 1 saturated heterocycles. The van der Waals surface area contributed by atoms with E-state index in [-0.39, 0.29) is 5.91 Å². The molecule has 0 aromatic heterocycles. The quantitative estimate of drug-likeness (QED) is 0.737. The zero-order valence-corrected chi connectivity index (χ0v) is 9.38. The Morgan fingerprint density at radius 3 is 2.57 bits per heavy atom. The van der Waals surface area contributed by atoms with Crippen molar-refractivity contribution in [2.24, 2.45) is 5.92 Å². The summed E-state index contributed by atoms with van der Waals surface area (Å²) in [7, 11) is 0. The Bertz CT molecular complexity index is 176. The molecule has 1 fully saturated rings. The number of hydrogen-bond acceptors (Lipinski definition) is 2. The van der Waals surface area contributed by atoms with Crippen LogP contribution >= 0.6 is 0 Å². The van der Waals surface area contributed by atoms with E-state index in [1.165, 1.54) is 32.4 Å². The molecule has 1 amide bonds. The monoisotopic (exact) mass is 198 g/mol. The molecule has 1 rings (SSSR count). The van der Waals surface area contributed by atoms with Gasteiger partial charge in [-0.2, -0.15) is 0 Å². The molecule has 0 aromatic carbocycles. The van der Waals surface area contributed by atoms with Gasteiger partial charge in [0.1, 0.15) is 0 Å². The zero-order chi connectivity index (χ0) is 10.4. The molecule has 14 heavy (non-hydrogen) atoms. The summed E-state index contributed by atoms with van der Waals surface area (Å²) in [5.74, 6) is 0.646. The number of nitrogens with zero attached hydrogens (tertiary/aromatic N) is 1. The number of carbonyl (C=O) groups is 1. The van der Waals surface area contributed by atoms with E-state index >= 15 is 0 Å². The second kappa shape index (κ2) is 6.02. The Hall–Kier alpha value is -0.570. The maximum absolute atomic E-state index is 10.7. The van der Waals surface area contributed by atoms with Crippen LogP contribution in [0.2, 0.25) is 0 Å². The van der Waals surface area contributed by atoms with Crippen LogP contribution in [0, 0.1) is 5.92 Å². The van der Waals surface area contributed by atoms with Crippen molar-refractivity contribution >= 4 is 5.91 Å². The zero-order valence-electron chi connectivity index (χ0n) is 9.38. The van der Waals surface area contributed by atoms with Crippen molar-refractivity contribution < 1.29 is 4.79 Å². The van der Waals surface area contributed by atoms with Crippen molar-refractivity contribution in [2.75, 3.05) is 26.2 Å². The van der Waals surface area contributed by atoms with Crippen LogP contribution in [0.4, 0.5) is 0 Å². The fraction of sp³-hybridized carbons (Fsp3) is 0.909. The number of amides is 1. The third-order valence-corrected chi connectivity index (χ3v) is 2.72. The fourth-order valence-corrected chi connectivity index (χ4v) is 1.97. The molecule has 1 N–H and O–H groups in total. The Labute approximate surface area is 86.9 Å². The minimum atomic E-state index is 0.0792. The van der Waals surface area contributed by atoms with E-state index in [2.05, 4.69) is 17.1 Å². The van der Waals surface area contributed by atoms with Gasteiger partial charge in [0.25, 0.3) is 0 Å². The van der Waals surface area contributed by atoms with E-state index in [0.717, 1.165) is 13.1 Å². The van der Waals surface area contributed by atoms with E-state index in [1.54, 1.807) is 6.92 Å². The first-order chi connectivity index (χ1) is 6.68. The molecule has 0 aromatic rings. The summed E-state index contributed by atoms with van der Waals surface area (Å²) < 4.78 is 0. The molecule has 1 heterocycles. The molecule has 0 spiro atoms.